The number of aromatic hydroxyl groups is 1. The summed E-state index contributed by atoms with van der Waals surface area (Å²) in [4.78, 5) is 23.8. The average molecular weight is 370 g/mol. The number of carbonyl (C=O) groups is 1. The monoisotopic (exact) mass is 369 g/mol. The highest BCUT2D eigenvalue weighted by atomic mass is 35.5. The van der Waals surface area contributed by atoms with E-state index in [1.54, 1.807) is 14.0 Å². The summed E-state index contributed by atoms with van der Waals surface area (Å²) in [6.45, 7) is 2.98. The number of nitrogens with one attached hydrogen (secondary N) is 1. The summed E-state index contributed by atoms with van der Waals surface area (Å²) in [6.07, 6.45) is -0.194. The van der Waals surface area contributed by atoms with Crippen LogP contribution in [0.25, 0.3) is 11.0 Å². The molecule has 0 aliphatic rings. The van der Waals surface area contributed by atoms with Crippen molar-refractivity contribution in [1.29, 1.82) is 0 Å². The standard InChI is InChI=1S/C17H20ClNO6/c1-9-10-6-13(18)15(21)12(8-19-4-5-23-2)16(10)25-17(22)11(9)7-14(20)24-3/h6,19,21H,4-5,7-8H2,1-3H3. The van der Waals surface area contributed by atoms with Gasteiger partial charge in [-0.3, -0.25) is 4.79 Å². The van der Waals surface area contributed by atoms with Crippen molar-refractivity contribution in [2.45, 2.75) is 19.9 Å². The molecule has 8 heteroatoms. The van der Waals surface area contributed by atoms with Crippen molar-refractivity contribution in [2.75, 3.05) is 27.4 Å². The van der Waals surface area contributed by atoms with Crippen LogP contribution in [0.15, 0.2) is 15.3 Å². The van der Waals surface area contributed by atoms with Gasteiger partial charge < -0.3 is 24.3 Å². The number of carbonyl (C=O) groups excluding carboxylic acids is 1. The van der Waals surface area contributed by atoms with Crippen molar-refractivity contribution < 1.29 is 23.8 Å². The fraction of sp³-hybridized carbons (Fsp3) is 0.412. The SMILES string of the molecule is COCCNCc1c(O)c(Cl)cc2c(C)c(CC(=O)OC)c(=O)oc12. The lowest BCUT2D eigenvalue weighted by Gasteiger charge is -2.13. The third-order valence-corrected chi connectivity index (χ3v) is 4.22. The number of aryl methyl sites for hydroxylation is 1. The summed E-state index contributed by atoms with van der Waals surface area (Å²) in [5.41, 5.74) is 0.748. The number of benzene rings is 1. The summed E-state index contributed by atoms with van der Waals surface area (Å²) >= 11 is 6.12. The molecule has 0 amide bonds. The van der Waals surface area contributed by atoms with Crippen LogP contribution in [0.5, 0.6) is 5.75 Å². The number of rotatable bonds is 7. The minimum Gasteiger partial charge on any atom is -0.506 e. The van der Waals surface area contributed by atoms with Gasteiger partial charge in [0.25, 0.3) is 0 Å². The zero-order chi connectivity index (χ0) is 18.6. The van der Waals surface area contributed by atoms with Gasteiger partial charge in [0.15, 0.2) is 0 Å². The molecule has 2 N–H and O–H groups in total. The summed E-state index contributed by atoms with van der Waals surface area (Å²) < 4.78 is 15.0. The quantitative estimate of drug-likeness (QED) is 0.437. The fourth-order valence-corrected chi connectivity index (χ4v) is 2.74. The molecule has 1 heterocycles. The zero-order valence-corrected chi connectivity index (χ0v) is 15.0. The van der Waals surface area contributed by atoms with E-state index in [2.05, 4.69) is 10.1 Å². The third-order valence-electron chi connectivity index (χ3n) is 3.93. The predicted molar refractivity (Wildman–Crippen MR) is 93.2 cm³/mol. The van der Waals surface area contributed by atoms with Crippen molar-refractivity contribution in [1.82, 2.24) is 5.32 Å². The highest BCUT2D eigenvalue weighted by Crippen LogP contribution is 2.36. The molecular formula is C17H20ClNO6. The van der Waals surface area contributed by atoms with Gasteiger partial charge in [-0.2, -0.15) is 0 Å². The maximum atomic E-state index is 12.3. The van der Waals surface area contributed by atoms with E-state index in [9.17, 15) is 14.7 Å². The molecule has 2 aromatic rings. The molecule has 7 nitrogen and oxygen atoms in total. The first kappa shape index (κ1) is 19.2. The lowest BCUT2D eigenvalue weighted by atomic mass is 10.0. The van der Waals surface area contributed by atoms with Crippen LogP contribution >= 0.6 is 11.6 Å². The first-order chi connectivity index (χ1) is 11.9. The maximum Gasteiger partial charge on any atom is 0.340 e. The fourth-order valence-electron chi connectivity index (χ4n) is 2.51. The molecule has 2 rings (SSSR count). The van der Waals surface area contributed by atoms with E-state index in [0.717, 1.165) is 0 Å². The number of hydrogen-bond acceptors (Lipinski definition) is 7. The molecule has 0 aliphatic carbocycles. The number of hydrogen-bond donors (Lipinski definition) is 2. The summed E-state index contributed by atoms with van der Waals surface area (Å²) in [5, 5.41) is 14.0. The normalized spacial score (nSPS) is 11.0. The Hall–Kier alpha value is -2.09. The Bertz CT molecular complexity index is 845. The van der Waals surface area contributed by atoms with Gasteiger partial charge in [0.2, 0.25) is 0 Å². The molecule has 0 unspecified atom stereocenters. The average Bonchev–Trinajstić information content (AvgIpc) is 2.59. The highest BCUT2D eigenvalue weighted by Gasteiger charge is 2.20. The van der Waals surface area contributed by atoms with Crippen molar-refractivity contribution >= 4 is 28.5 Å². The van der Waals surface area contributed by atoms with E-state index >= 15 is 0 Å². The molecule has 25 heavy (non-hydrogen) atoms. The van der Waals surface area contributed by atoms with Gasteiger partial charge in [-0.05, 0) is 18.6 Å². The van der Waals surface area contributed by atoms with Gasteiger partial charge in [0.1, 0.15) is 11.3 Å². The van der Waals surface area contributed by atoms with Gasteiger partial charge in [0, 0.05) is 25.6 Å². The topological polar surface area (TPSA) is 98.0 Å². The second kappa shape index (κ2) is 8.33. The van der Waals surface area contributed by atoms with Crippen LogP contribution in [0.1, 0.15) is 16.7 Å². The largest absolute Gasteiger partial charge is 0.506 e. The van der Waals surface area contributed by atoms with Crippen molar-refractivity contribution in [3.63, 3.8) is 0 Å². The maximum absolute atomic E-state index is 12.3. The molecule has 0 saturated heterocycles. The zero-order valence-electron chi connectivity index (χ0n) is 14.3. The molecule has 136 valence electrons. The molecule has 1 aromatic carbocycles. The van der Waals surface area contributed by atoms with Gasteiger partial charge in [-0.15, -0.1) is 0 Å². The van der Waals surface area contributed by atoms with Crippen LogP contribution in [-0.4, -0.2) is 38.4 Å². The Labute approximate surface area is 149 Å². The molecule has 0 spiro atoms. The summed E-state index contributed by atoms with van der Waals surface area (Å²) in [5.74, 6) is -0.691. The van der Waals surface area contributed by atoms with Crippen LogP contribution < -0.4 is 10.9 Å². The molecule has 0 saturated carbocycles. The van der Waals surface area contributed by atoms with Crippen LogP contribution in [0.2, 0.25) is 5.02 Å². The summed E-state index contributed by atoms with van der Waals surface area (Å²) in [6, 6.07) is 1.52. The lowest BCUT2D eigenvalue weighted by Crippen LogP contribution is -2.20. The number of phenols is 1. The Morgan fingerprint density at radius 2 is 2.08 bits per heavy atom. The van der Waals surface area contributed by atoms with Gasteiger partial charge in [-0.25, -0.2) is 4.79 Å². The second-order valence-electron chi connectivity index (χ2n) is 5.48. The highest BCUT2D eigenvalue weighted by molar-refractivity contribution is 6.33. The first-order valence-electron chi connectivity index (χ1n) is 7.63. The lowest BCUT2D eigenvalue weighted by molar-refractivity contribution is -0.139. The Morgan fingerprint density at radius 3 is 2.72 bits per heavy atom. The Kier molecular flexibility index (Phi) is 6.41. The summed E-state index contributed by atoms with van der Waals surface area (Å²) in [7, 11) is 2.83. The molecule has 0 radical (unpaired) electrons. The molecule has 1 aromatic heterocycles. The predicted octanol–water partition coefficient (Wildman–Crippen LogP) is 1.91. The molecule has 0 bridgehead atoms. The van der Waals surface area contributed by atoms with Crippen molar-refractivity contribution in [2.24, 2.45) is 0 Å². The minimum atomic E-state index is -0.643. The smallest absolute Gasteiger partial charge is 0.340 e. The van der Waals surface area contributed by atoms with Crippen molar-refractivity contribution in [3.8, 4) is 5.75 Å². The molecule has 0 aliphatic heterocycles. The van der Waals surface area contributed by atoms with Crippen LogP contribution in [-0.2, 0) is 27.2 Å². The minimum absolute atomic E-state index is 0.136. The Balaban J connectivity index is 2.56. The van der Waals surface area contributed by atoms with E-state index in [4.69, 9.17) is 20.8 Å². The van der Waals surface area contributed by atoms with Gasteiger partial charge >= 0.3 is 11.6 Å². The Morgan fingerprint density at radius 1 is 1.36 bits per heavy atom. The number of halogens is 1. The van der Waals surface area contributed by atoms with Crippen LogP contribution in [0, 0.1) is 6.92 Å². The van der Waals surface area contributed by atoms with E-state index in [-0.39, 0.29) is 34.9 Å². The van der Waals surface area contributed by atoms with E-state index in [1.165, 1.54) is 13.2 Å². The van der Waals surface area contributed by atoms with Crippen LogP contribution in [0.4, 0.5) is 0 Å². The number of fused-ring (bicyclic) bond motifs is 1. The number of methoxy groups -OCH3 is 2. The van der Waals surface area contributed by atoms with E-state index < -0.39 is 11.6 Å². The van der Waals surface area contributed by atoms with Crippen molar-refractivity contribution in [3.05, 3.63) is 38.2 Å². The third kappa shape index (κ3) is 4.12. The van der Waals surface area contributed by atoms with E-state index in [0.29, 0.717) is 29.7 Å². The number of esters is 1. The van der Waals surface area contributed by atoms with E-state index in [1.807, 2.05) is 0 Å². The molecule has 0 fully saturated rings. The number of ether oxygens (including phenoxy) is 2. The first-order valence-corrected chi connectivity index (χ1v) is 8.01. The molecular weight excluding hydrogens is 350 g/mol. The molecule has 0 atom stereocenters. The number of phenolic OH excluding ortho intramolecular Hbond substituents is 1. The second-order valence-corrected chi connectivity index (χ2v) is 5.88. The van der Waals surface area contributed by atoms with Gasteiger partial charge in [-0.1, -0.05) is 11.6 Å². The van der Waals surface area contributed by atoms with Gasteiger partial charge in [0.05, 0.1) is 36.3 Å². The van der Waals surface area contributed by atoms with Crippen LogP contribution in [0.3, 0.4) is 0 Å².